The lowest BCUT2D eigenvalue weighted by Crippen LogP contribution is -2.50. The maximum atomic E-state index is 5.44. The van der Waals surface area contributed by atoms with E-state index < -0.39 is 24.2 Å². The van der Waals surface area contributed by atoms with E-state index in [1.807, 2.05) is 42.5 Å². The van der Waals surface area contributed by atoms with Crippen molar-refractivity contribution in [3.8, 4) is 186 Å². The minimum absolute atomic E-state index is 0.618. The van der Waals surface area contributed by atoms with Crippen LogP contribution in [0, 0.1) is 0 Å². The molecule has 702 valence electrons. The zero-order valence-corrected chi connectivity index (χ0v) is 85.9. The molecule has 0 fully saturated rings. The first-order valence-corrected chi connectivity index (χ1v) is 60.6. The number of fused-ring (bicyclic) bond motifs is 18. The van der Waals surface area contributed by atoms with Crippen LogP contribution >= 0.6 is 0 Å². The second-order valence-electron chi connectivity index (χ2n) is 42.0. The molecule has 15 heteroatoms. The molecule has 3 aliphatic heterocycles. The lowest BCUT2D eigenvalue weighted by molar-refractivity contribution is 0.953. The van der Waals surface area contributed by atoms with E-state index in [9.17, 15) is 0 Å². The topological polar surface area (TPSA) is 131 Å². The lowest BCUT2D eigenvalue weighted by atomic mass is 9.93. The molecule has 27 aromatic rings. The monoisotopic (exact) mass is 1960 g/mol. The van der Waals surface area contributed by atoms with Gasteiger partial charge < -0.3 is 0 Å². The van der Waals surface area contributed by atoms with Gasteiger partial charge in [0.2, 0.25) is 17.8 Å². The van der Waals surface area contributed by atoms with Crippen LogP contribution in [-0.2, 0) is 0 Å². The van der Waals surface area contributed by atoms with Crippen molar-refractivity contribution in [3.63, 3.8) is 0 Å². The largest absolute Gasteiger partial charge is 0.278 e. The van der Waals surface area contributed by atoms with Gasteiger partial charge in [-0.3, -0.25) is 13.7 Å². The molecule has 33 rings (SSSR count). The van der Waals surface area contributed by atoms with E-state index in [0.717, 1.165) is 66.5 Å². The van der Waals surface area contributed by atoms with Crippen LogP contribution in [0.4, 0.5) is 0 Å². The number of hydrogen-bond donors (Lipinski definition) is 0. The molecule has 0 unspecified atom stereocenters. The highest BCUT2D eigenvalue weighted by Gasteiger charge is 2.43. The molecule has 0 saturated heterocycles. The van der Waals surface area contributed by atoms with Crippen molar-refractivity contribution < 1.29 is 0 Å². The van der Waals surface area contributed by atoms with E-state index in [4.69, 9.17) is 44.9 Å². The molecule has 150 heavy (non-hydrogen) atoms. The number of rotatable bonds is 9. The van der Waals surface area contributed by atoms with Crippen molar-refractivity contribution >= 4 is 153 Å². The summed E-state index contributed by atoms with van der Waals surface area (Å²) >= 11 is 0. The van der Waals surface area contributed by atoms with Crippen molar-refractivity contribution in [2.45, 2.75) is 39.3 Å². The average molecular weight is 1960 g/mol. The Hall–Kier alpha value is -18.5. The zero-order chi connectivity index (χ0) is 99.4. The Morgan fingerprint density at radius 2 is 0.407 bits per heavy atom. The van der Waals surface area contributed by atoms with E-state index in [-0.39, 0.29) is 0 Å². The van der Waals surface area contributed by atoms with Gasteiger partial charge in [-0.1, -0.05) is 434 Å². The number of benzene rings is 21. The van der Waals surface area contributed by atoms with Crippen molar-refractivity contribution in [2.24, 2.45) is 0 Å². The van der Waals surface area contributed by atoms with Gasteiger partial charge in [-0.05, 0) is 206 Å². The summed E-state index contributed by atoms with van der Waals surface area (Å²) in [5, 5.41) is 23.7. The Labute approximate surface area is 867 Å². The molecule has 0 bridgehead atoms. The van der Waals surface area contributed by atoms with Gasteiger partial charge in [0, 0.05) is 65.7 Å². The SMILES string of the molecule is C[Si]1(C)c2ccccc2-c2cc(-c3nc(-c4ccccc4)nc(-n4c5cccc6c5c5c7c(cccc7ccc54)-c4ccccc4-6)n3)ccc21.C[Si]1(C)c2ccccc2-c2ccc(-c3nc(-c4ccccc4)nc(-n4c5cccc6c5c5c7c(cccc7ccc54)-c4ccccc4-6)n3)cc21.C[Si]1(C)c2ccccc2-c2cccc(-c3nc(-c4ccccc4)nc(-n4c5cccc6c5c5c7c(cccc7ccc54)-c4ccccc4-6)n3)c21. The number of aromatic nitrogens is 12. The molecule has 0 saturated carbocycles. The van der Waals surface area contributed by atoms with Crippen LogP contribution in [0.2, 0.25) is 39.3 Å². The van der Waals surface area contributed by atoms with Crippen LogP contribution < -0.4 is 31.1 Å². The molecule has 6 aliphatic rings. The van der Waals surface area contributed by atoms with Crippen LogP contribution in [0.5, 0.6) is 0 Å². The predicted molar refractivity (Wildman–Crippen MR) is 627 cm³/mol. The molecule has 6 aromatic heterocycles. The standard InChI is InChI=1S/3C45H30N4Si/c1-50(2)38-24-9-8-18-31(38)34-21-11-22-35(42(34)50)44-46-43(28-13-4-3-5-14-28)47-45(48-44)49-36-23-12-20-33-30-17-7-6-16-29(30)32-19-10-15-27-25-26-37(49)41(39(27)32)40(33)36;1-50(2)38-21-9-8-17-32(38)33-24-22-29(26-39(33)50)44-46-43(28-12-4-3-5-13-28)47-45(48-44)49-36-20-11-19-35-31-16-7-6-15-30(31)34-18-10-14-27-23-25-37(49)42(40(27)34)41(35)36;1-50(2)38-21-9-8-17-32(38)35-26-29(23-25-39(35)50)44-46-43(28-12-4-3-5-13-28)47-45(48-44)49-36-20-11-19-34-31-16-7-6-15-30(31)33-18-10-14-27-22-24-37(49)42(40(27)33)41(34)36/h3*3-26H,1-2H3. The summed E-state index contributed by atoms with van der Waals surface area (Å²) in [4.78, 5) is 47.5. The van der Waals surface area contributed by atoms with Crippen molar-refractivity contribution in [1.29, 1.82) is 0 Å². The Morgan fingerprint density at radius 1 is 0.147 bits per heavy atom. The molecule has 0 radical (unpaired) electrons. The first-order chi connectivity index (χ1) is 73.7. The van der Waals surface area contributed by atoms with Gasteiger partial charge in [-0.25, -0.2) is 15.0 Å². The van der Waals surface area contributed by atoms with E-state index in [1.54, 1.807) is 0 Å². The Morgan fingerprint density at radius 3 is 0.807 bits per heavy atom. The van der Waals surface area contributed by atoms with Gasteiger partial charge in [0.15, 0.2) is 34.9 Å². The van der Waals surface area contributed by atoms with Crippen LogP contribution in [0.25, 0.3) is 284 Å². The maximum absolute atomic E-state index is 5.44. The lowest BCUT2D eigenvalue weighted by Gasteiger charge is -2.22. The molecule has 0 spiro atoms. The summed E-state index contributed by atoms with van der Waals surface area (Å²) in [5.41, 5.74) is 35.5. The van der Waals surface area contributed by atoms with Gasteiger partial charge in [0.1, 0.15) is 24.2 Å². The summed E-state index contributed by atoms with van der Waals surface area (Å²) < 4.78 is 6.79. The number of nitrogens with zero attached hydrogens (tertiary/aromatic N) is 12. The molecule has 21 aromatic carbocycles. The van der Waals surface area contributed by atoms with Crippen LogP contribution in [0.15, 0.2) is 437 Å². The second kappa shape index (κ2) is 32.2. The van der Waals surface area contributed by atoms with Crippen LogP contribution in [0.1, 0.15) is 0 Å². The van der Waals surface area contributed by atoms with Gasteiger partial charge in [-0.2, -0.15) is 29.9 Å². The summed E-state index contributed by atoms with van der Waals surface area (Å²) in [7, 11) is -5.75. The quantitative estimate of drug-likeness (QED) is 0.130. The van der Waals surface area contributed by atoms with E-state index in [2.05, 4.69) is 447 Å². The Kier molecular flexibility index (Phi) is 18.5. The first-order valence-electron chi connectivity index (χ1n) is 51.6. The van der Waals surface area contributed by atoms with Gasteiger partial charge in [0.25, 0.3) is 0 Å². The highest BCUT2D eigenvalue weighted by atomic mass is 28.3. The predicted octanol–water partition coefficient (Wildman–Crippen LogP) is 29.7. The average Bonchev–Trinajstić information content (AvgIpc) is 1.54. The Balaban J connectivity index is 0.000000101. The fourth-order valence-corrected chi connectivity index (χ4v) is 35.9. The fourth-order valence-electron chi connectivity index (χ4n) is 26.3. The van der Waals surface area contributed by atoms with Crippen molar-refractivity contribution in [1.82, 2.24) is 58.6 Å². The van der Waals surface area contributed by atoms with Gasteiger partial charge in [0.05, 0.1) is 33.1 Å². The molecule has 3 aliphatic carbocycles. The molecule has 0 atom stereocenters. The first kappa shape index (κ1) is 85.8. The molecule has 9 heterocycles. The number of hydrogen-bond acceptors (Lipinski definition) is 9. The third kappa shape index (κ3) is 12.4. The van der Waals surface area contributed by atoms with Gasteiger partial charge >= 0.3 is 0 Å². The van der Waals surface area contributed by atoms with Crippen molar-refractivity contribution in [2.75, 3.05) is 0 Å². The molecular weight excluding hydrogens is 1870 g/mol. The smallest absolute Gasteiger partial charge is 0.238 e. The van der Waals surface area contributed by atoms with Crippen LogP contribution in [-0.4, -0.2) is 82.8 Å². The maximum Gasteiger partial charge on any atom is 0.238 e. The summed E-state index contributed by atoms with van der Waals surface area (Å²) in [5.74, 6) is 5.93. The van der Waals surface area contributed by atoms with Crippen molar-refractivity contribution in [3.05, 3.63) is 437 Å². The zero-order valence-electron chi connectivity index (χ0n) is 82.9. The van der Waals surface area contributed by atoms with E-state index in [0.29, 0.717) is 52.8 Å². The normalized spacial score (nSPS) is 13.6. The summed E-state index contributed by atoms with van der Waals surface area (Å²) in [6, 6.07) is 158. The third-order valence-electron chi connectivity index (χ3n) is 33.0. The Bertz CT molecular complexity index is 10600. The summed E-state index contributed by atoms with van der Waals surface area (Å²) in [6.45, 7) is 14.7. The minimum Gasteiger partial charge on any atom is -0.278 e. The molecule has 0 amide bonds. The highest BCUT2D eigenvalue weighted by molar-refractivity contribution is 7.05. The summed E-state index contributed by atoms with van der Waals surface area (Å²) in [6.07, 6.45) is 0. The van der Waals surface area contributed by atoms with E-state index in [1.165, 1.54) is 196 Å². The molecule has 12 nitrogen and oxygen atoms in total. The highest BCUT2D eigenvalue weighted by Crippen LogP contribution is 2.55. The van der Waals surface area contributed by atoms with Gasteiger partial charge in [-0.15, -0.1) is 0 Å². The molecule has 0 N–H and O–H groups in total. The van der Waals surface area contributed by atoms with Crippen LogP contribution in [0.3, 0.4) is 0 Å². The third-order valence-corrected chi connectivity index (χ3v) is 43.7. The fraction of sp³-hybridized carbons (Fsp3) is 0.0444. The minimum atomic E-state index is -2.05. The molecular formula is C135H90N12Si3. The van der Waals surface area contributed by atoms with E-state index >= 15 is 0 Å². The second-order valence-corrected chi connectivity index (χ2v) is 55.0.